The Morgan fingerprint density at radius 1 is 1.47 bits per heavy atom. The largest absolute Gasteiger partial charge is 0.324 e. The highest BCUT2D eigenvalue weighted by atomic mass is 16.1. The smallest absolute Gasteiger partial charge is 0.228 e. The first-order valence-corrected chi connectivity index (χ1v) is 6.29. The average Bonchev–Trinajstić information content (AvgIpc) is 3.13. The third-order valence-electron chi connectivity index (χ3n) is 3.22. The van der Waals surface area contributed by atoms with Crippen molar-refractivity contribution >= 4 is 11.6 Å². The van der Waals surface area contributed by atoms with Gasteiger partial charge in [0, 0.05) is 18.9 Å². The normalized spacial score (nSPS) is 18.4. The van der Waals surface area contributed by atoms with Gasteiger partial charge in [-0.15, -0.1) is 0 Å². The summed E-state index contributed by atoms with van der Waals surface area (Å²) in [6.07, 6.45) is 7.77. The monoisotopic (exact) mass is 257 g/mol. The molecule has 1 aliphatic rings. The van der Waals surface area contributed by atoms with Crippen LogP contribution in [0, 0.1) is 5.92 Å². The Morgan fingerprint density at radius 2 is 2.42 bits per heavy atom. The number of aromatic nitrogens is 3. The number of hydrogen-bond acceptors (Lipinski definition) is 4. The molecule has 6 nitrogen and oxygen atoms in total. The van der Waals surface area contributed by atoms with Crippen molar-refractivity contribution in [3.8, 4) is 5.82 Å². The van der Waals surface area contributed by atoms with Gasteiger partial charge in [0.2, 0.25) is 5.91 Å². The lowest BCUT2D eigenvalue weighted by molar-refractivity contribution is -0.119. The molecule has 1 fully saturated rings. The van der Waals surface area contributed by atoms with E-state index in [0.29, 0.717) is 0 Å². The molecular formula is C13H15N5O. The molecule has 6 heteroatoms. The fourth-order valence-electron chi connectivity index (χ4n) is 2.13. The van der Waals surface area contributed by atoms with Gasteiger partial charge in [-0.2, -0.15) is 0 Å². The van der Waals surface area contributed by atoms with E-state index in [1.165, 1.54) is 0 Å². The molecule has 98 valence electrons. The molecule has 1 aliphatic heterocycles. The van der Waals surface area contributed by atoms with E-state index in [-0.39, 0.29) is 11.8 Å². The van der Waals surface area contributed by atoms with E-state index in [4.69, 9.17) is 0 Å². The molecule has 19 heavy (non-hydrogen) atoms. The van der Waals surface area contributed by atoms with Gasteiger partial charge in [0.05, 0.1) is 17.8 Å². The molecule has 2 aromatic rings. The summed E-state index contributed by atoms with van der Waals surface area (Å²) in [5.74, 6) is 0.897. The topological polar surface area (TPSA) is 71.8 Å². The SMILES string of the molecule is O=C(Nc1ccc(-n2ccnc2)nc1)C1CCNC1. The summed E-state index contributed by atoms with van der Waals surface area (Å²) in [6.45, 7) is 1.67. The fraction of sp³-hybridized carbons (Fsp3) is 0.308. The van der Waals surface area contributed by atoms with Crippen LogP contribution in [0.5, 0.6) is 0 Å². The lowest BCUT2D eigenvalue weighted by Gasteiger charge is -2.10. The predicted molar refractivity (Wildman–Crippen MR) is 71.0 cm³/mol. The first-order chi connectivity index (χ1) is 9.33. The van der Waals surface area contributed by atoms with E-state index in [0.717, 1.165) is 31.0 Å². The molecule has 3 heterocycles. The highest BCUT2D eigenvalue weighted by molar-refractivity contribution is 5.92. The maximum Gasteiger partial charge on any atom is 0.228 e. The minimum Gasteiger partial charge on any atom is -0.324 e. The quantitative estimate of drug-likeness (QED) is 0.853. The van der Waals surface area contributed by atoms with Crippen LogP contribution in [0.15, 0.2) is 37.1 Å². The van der Waals surface area contributed by atoms with Gasteiger partial charge in [0.15, 0.2) is 0 Å². The van der Waals surface area contributed by atoms with E-state index in [1.807, 2.05) is 22.9 Å². The van der Waals surface area contributed by atoms with Crippen molar-refractivity contribution < 1.29 is 4.79 Å². The van der Waals surface area contributed by atoms with Gasteiger partial charge in [-0.1, -0.05) is 0 Å². The Balaban J connectivity index is 1.67. The van der Waals surface area contributed by atoms with Crippen LogP contribution < -0.4 is 10.6 Å². The van der Waals surface area contributed by atoms with Crippen LogP contribution in [0.2, 0.25) is 0 Å². The Bertz CT molecular complexity index is 543. The number of carbonyl (C=O) groups excluding carboxylic acids is 1. The summed E-state index contributed by atoms with van der Waals surface area (Å²) in [6, 6.07) is 3.70. The molecule has 1 atom stereocenters. The van der Waals surface area contributed by atoms with Crippen molar-refractivity contribution in [1.29, 1.82) is 0 Å². The maximum absolute atomic E-state index is 11.9. The molecular weight excluding hydrogens is 242 g/mol. The first kappa shape index (κ1) is 11.9. The highest BCUT2D eigenvalue weighted by Gasteiger charge is 2.22. The number of pyridine rings is 1. The zero-order chi connectivity index (χ0) is 13.1. The molecule has 1 unspecified atom stereocenters. The minimum absolute atomic E-state index is 0.0576. The average molecular weight is 257 g/mol. The van der Waals surface area contributed by atoms with Gasteiger partial charge < -0.3 is 10.6 Å². The molecule has 2 N–H and O–H groups in total. The van der Waals surface area contributed by atoms with Gasteiger partial charge >= 0.3 is 0 Å². The third-order valence-corrected chi connectivity index (χ3v) is 3.22. The molecule has 0 spiro atoms. The van der Waals surface area contributed by atoms with Crippen LogP contribution in [-0.4, -0.2) is 33.5 Å². The number of nitrogens with zero attached hydrogens (tertiary/aromatic N) is 3. The van der Waals surface area contributed by atoms with Crippen LogP contribution in [0.25, 0.3) is 5.82 Å². The molecule has 2 aromatic heterocycles. The van der Waals surface area contributed by atoms with E-state index < -0.39 is 0 Å². The molecule has 0 aliphatic carbocycles. The van der Waals surface area contributed by atoms with E-state index >= 15 is 0 Å². The summed E-state index contributed by atoms with van der Waals surface area (Å²) < 4.78 is 1.81. The summed E-state index contributed by atoms with van der Waals surface area (Å²) in [4.78, 5) is 20.2. The molecule has 0 bridgehead atoms. The zero-order valence-electron chi connectivity index (χ0n) is 10.4. The van der Waals surface area contributed by atoms with Gasteiger partial charge in [-0.3, -0.25) is 9.36 Å². The molecule has 1 amide bonds. The van der Waals surface area contributed by atoms with Crippen LogP contribution in [0.4, 0.5) is 5.69 Å². The number of anilines is 1. The molecule has 3 rings (SSSR count). The van der Waals surface area contributed by atoms with E-state index in [2.05, 4.69) is 20.6 Å². The van der Waals surface area contributed by atoms with Crippen LogP contribution in [0.3, 0.4) is 0 Å². The predicted octanol–water partition coefficient (Wildman–Crippen LogP) is 0.815. The third kappa shape index (κ3) is 2.63. The van der Waals surface area contributed by atoms with Crippen molar-refractivity contribution in [3.05, 3.63) is 37.1 Å². The summed E-state index contributed by atoms with van der Waals surface area (Å²) in [5, 5.41) is 6.07. The second-order valence-electron chi connectivity index (χ2n) is 4.55. The van der Waals surface area contributed by atoms with Gasteiger partial charge in [0.1, 0.15) is 12.1 Å². The Labute approximate surface area is 110 Å². The first-order valence-electron chi connectivity index (χ1n) is 6.29. The van der Waals surface area contributed by atoms with Crippen molar-refractivity contribution in [1.82, 2.24) is 19.9 Å². The standard InChI is InChI=1S/C13H15N5O/c19-13(10-3-4-14-7-10)17-11-1-2-12(16-8-11)18-6-5-15-9-18/h1-2,5-6,8-10,14H,3-4,7H2,(H,17,19). The van der Waals surface area contributed by atoms with Gasteiger partial charge in [-0.05, 0) is 25.1 Å². The summed E-state index contributed by atoms with van der Waals surface area (Å²) in [5.41, 5.74) is 0.723. The number of hydrogen-bond donors (Lipinski definition) is 2. The van der Waals surface area contributed by atoms with Gasteiger partial charge in [0.25, 0.3) is 0 Å². The number of imidazole rings is 1. The molecule has 0 radical (unpaired) electrons. The Morgan fingerprint density at radius 3 is 3.05 bits per heavy atom. The minimum atomic E-state index is 0.0576. The lowest BCUT2D eigenvalue weighted by atomic mass is 10.1. The molecule has 0 saturated carbocycles. The summed E-state index contributed by atoms with van der Waals surface area (Å²) >= 11 is 0. The number of nitrogens with one attached hydrogen (secondary N) is 2. The van der Waals surface area contributed by atoms with Crippen LogP contribution in [-0.2, 0) is 4.79 Å². The van der Waals surface area contributed by atoms with Crippen molar-refractivity contribution in [2.24, 2.45) is 5.92 Å². The maximum atomic E-state index is 11.9. The van der Waals surface area contributed by atoms with Crippen molar-refractivity contribution in [2.75, 3.05) is 18.4 Å². The second-order valence-corrected chi connectivity index (χ2v) is 4.55. The number of amides is 1. The van der Waals surface area contributed by atoms with Crippen molar-refractivity contribution in [3.63, 3.8) is 0 Å². The number of carbonyl (C=O) groups is 1. The Kier molecular flexibility index (Phi) is 3.24. The number of rotatable bonds is 3. The molecule has 1 saturated heterocycles. The van der Waals surface area contributed by atoms with Crippen LogP contribution in [0.1, 0.15) is 6.42 Å². The Hall–Kier alpha value is -2.21. The summed E-state index contributed by atoms with van der Waals surface area (Å²) in [7, 11) is 0. The van der Waals surface area contributed by atoms with E-state index in [1.54, 1.807) is 18.7 Å². The molecule has 0 aromatic carbocycles. The fourth-order valence-corrected chi connectivity index (χ4v) is 2.13. The van der Waals surface area contributed by atoms with Gasteiger partial charge in [-0.25, -0.2) is 9.97 Å². The van der Waals surface area contributed by atoms with Crippen molar-refractivity contribution in [2.45, 2.75) is 6.42 Å². The lowest BCUT2D eigenvalue weighted by Crippen LogP contribution is -2.24. The van der Waals surface area contributed by atoms with Crippen LogP contribution >= 0.6 is 0 Å². The highest BCUT2D eigenvalue weighted by Crippen LogP contribution is 2.13. The zero-order valence-corrected chi connectivity index (χ0v) is 10.4. The second kappa shape index (κ2) is 5.19. The van der Waals surface area contributed by atoms with E-state index in [9.17, 15) is 4.79 Å².